The van der Waals surface area contributed by atoms with E-state index >= 15 is 0 Å². The van der Waals surface area contributed by atoms with Gasteiger partial charge in [-0.25, -0.2) is 0 Å². The molecule has 0 bridgehead atoms. The number of hydrogen-bond donors (Lipinski definition) is 1. The lowest BCUT2D eigenvalue weighted by Gasteiger charge is -2.45. The van der Waals surface area contributed by atoms with Crippen LogP contribution in [0.3, 0.4) is 0 Å². The molecule has 148 valence electrons. The van der Waals surface area contributed by atoms with Crippen LogP contribution in [0.1, 0.15) is 47.8 Å². The van der Waals surface area contributed by atoms with Crippen LogP contribution >= 0.6 is 0 Å². The Kier molecular flexibility index (Phi) is 5.39. The van der Waals surface area contributed by atoms with E-state index in [-0.39, 0.29) is 23.9 Å². The number of hydrogen-bond acceptors (Lipinski definition) is 2. The fourth-order valence-electron chi connectivity index (χ4n) is 4.46. The van der Waals surface area contributed by atoms with E-state index in [9.17, 15) is 4.79 Å². The van der Waals surface area contributed by atoms with E-state index in [1.807, 2.05) is 60.4 Å². The molecule has 0 saturated heterocycles. The molecule has 1 N–H and O–H groups in total. The minimum absolute atomic E-state index is 0.0781. The van der Waals surface area contributed by atoms with Gasteiger partial charge in [-0.2, -0.15) is 0 Å². The molecule has 0 fully saturated rings. The molecule has 1 aliphatic heterocycles. The van der Waals surface area contributed by atoms with Gasteiger partial charge in [-0.3, -0.25) is 4.79 Å². The highest BCUT2D eigenvalue weighted by Gasteiger charge is 2.40. The molecular formula is C26H28N2O. The van der Waals surface area contributed by atoms with E-state index in [1.54, 1.807) is 0 Å². The summed E-state index contributed by atoms with van der Waals surface area (Å²) in [5, 5.41) is 3.72. The highest BCUT2D eigenvalue weighted by atomic mass is 16.2. The highest BCUT2D eigenvalue weighted by molar-refractivity contribution is 6.07. The second-order valence-corrected chi connectivity index (χ2v) is 7.92. The fraction of sp³-hybridized carbons (Fsp3) is 0.269. The number of aryl methyl sites for hydroxylation is 1. The van der Waals surface area contributed by atoms with Gasteiger partial charge in [-0.05, 0) is 49.2 Å². The molecule has 0 unspecified atom stereocenters. The van der Waals surface area contributed by atoms with Gasteiger partial charge in [-0.1, -0.05) is 67.9 Å². The normalized spacial score (nSPS) is 20.8. The lowest BCUT2D eigenvalue weighted by molar-refractivity contribution is 0.0960. The van der Waals surface area contributed by atoms with Gasteiger partial charge < -0.3 is 10.2 Å². The van der Waals surface area contributed by atoms with Crippen LogP contribution in [-0.2, 0) is 0 Å². The standard InChI is InChI=1S/C26H28N2O/c1-4-23-19(3)25(27-21-10-6-5-7-11-21)22-12-8-9-13-24(22)28(23)26(29)20-16-14-18(2)15-17-20/h5-17,19,23,25,27H,4H2,1-3H3/t19-,23+,25-/m0/s1. The number of rotatable bonds is 4. The summed E-state index contributed by atoms with van der Waals surface area (Å²) >= 11 is 0. The summed E-state index contributed by atoms with van der Waals surface area (Å²) in [6.07, 6.45) is 0.903. The molecule has 4 rings (SSSR count). The van der Waals surface area contributed by atoms with Gasteiger partial charge in [0.2, 0.25) is 0 Å². The number of carbonyl (C=O) groups is 1. The molecule has 0 radical (unpaired) electrons. The number of nitrogens with one attached hydrogen (secondary N) is 1. The Bertz CT molecular complexity index is 981. The van der Waals surface area contributed by atoms with Crippen molar-refractivity contribution in [3.8, 4) is 0 Å². The SMILES string of the molecule is CC[C@@H]1[C@H](C)[C@H](Nc2ccccc2)c2ccccc2N1C(=O)c1ccc(C)cc1. The maximum absolute atomic E-state index is 13.6. The summed E-state index contributed by atoms with van der Waals surface area (Å²) in [7, 11) is 0. The first-order chi connectivity index (χ1) is 14.1. The molecule has 1 amide bonds. The van der Waals surface area contributed by atoms with Crippen molar-refractivity contribution in [2.45, 2.75) is 39.3 Å². The Balaban J connectivity index is 1.76. The van der Waals surface area contributed by atoms with Gasteiger partial charge in [-0.15, -0.1) is 0 Å². The number of amides is 1. The van der Waals surface area contributed by atoms with Crippen LogP contribution in [0.4, 0.5) is 11.4 Å². The lowest BCUT2D eigenvalue weighted by Crippen LogP contribution is -2.50. The second-order valence-electron chi connectivity index (χ2n) is 7.92. The van der Waals surface area contributed by atoms with Crippen molar-refractivity contribution in [1.82, 2.24) is 0 Å². The fourth-order valence-corrected chi connectivity index (χ4v) is 4.46. The van der Waals surface area contributed by atoms with Gasteiger partial charge in [0.25, 0.3) is 5.91 Å². The van der Waals surface area contributed by atoms with E-state index in [1.165, 1.54) is 5.56 Å². The Morgan fingerprint density at radius 2 is 1.59 bits per heavy atom. The van der Waals surface area contributed by atoms with Crippen LogP contribution in [-0.4, -0.2) is 11.9 Å². The van der Waals surface area contributed by atoms with Crippen molar-refractivity contribution in [1.29, 1.82) is 0 Å². The minimum atomic E-state index is 0.0781. The predicted octanol–water partition coefficient (Wildman–Crippen LogP) is 6.22. The third-order valence-electron chi connectivity index (χ3n) is 6.03. The molecule has 29 heavy (non-hydrogen) atoms. The van der Waals surface area contributed by atoms with Crippen LogP contribution < -0.4 is 10.2 Å². The second kappa shape index (κ2) is 8.12. The number of fused-ring (bicyclic) bond motifs is 1. The molecular weight excluding hydrogens is 356 g/mol. The van der Waals surface area contributed by atoms with Crippen LogP contribution in [0.15, 0.2) is 78.9 Å². The summed E-state index contributed by atoms with van der Waals surface area (Å²) in [6.45, 7) is 6.46. The highest BCUT2D eigenvalue weighted by Crippen LogP contribution is 2.43. The van der Waals surface area contributed by atoms with Crippen molar-refractivity contribution >= 4 is 17.3 Å². The first kappa shape index (κ1) is 19.3. The molecule has 1 aliphatic rings. The summed E-state index contributed by atoms with van der Waals surface area (Å²) in [5.41, 5.74) is 5.19. The van der Waals surface area contributed by atoms with E-state index in [0.29, 0.717) is 0 Å². The van der Waals surface area contributed by atoms with Gasteiger partial charge in [0.15, 0.2) is 0 Å². The Morgan fingerprint density at radius 3 is 2.28 bits per heavy atom. The van der Waals surface area contributed by atoms with Crippen molar-refractivity contribution in [3.63, 3.8) is 0 Å². The maximum Gasteiger partial charge on any atom is 0.258 e. The molecule has 0 saturated carbocycles. The zero-order valence-electron chi connectivity index (χ0n) is 17.3. The number of carbonyl (C=O) groups excluding carboxylic acids is 1. The van der Waals surface area contributed by atoms with Crippen molar-refractivity contribution in [2.24, 2.45) is 5.92 Å². The summed E-state index contributed by atoms with van der Waals surface area (Å²) < 4.78 is 0. The Labute approximate surface area is 173 Å². The Hall–Kier alpha value is -3.07. The largest absolute Gasteiger partial charge is 0.378 e. The zero-order valence-corrected chi connectivity index (χ0v) is 17.3. The predicted molar refractivity (Wildman–Crippen MR) is 120 cm³/mol. The molecule has 3 aromatic rings. The van der Waals surface area contributed by atoms with Crippen molar-refractivity contribution < 1.29 is 4.79 Å². The van der Waals surface area contributed by atoms with Gasteiger partial charge in [0.05, 0.1) is 6.04 Å². The summed E-state index contributed by atoms with van der Waals surface area (Å²) in [4.78, 5) is 15.6. The van der Waals surface area contributed by atoms with Crippen molar-refractivity contribution in [3.05, 3.63) is 95.6 Å². The van der Waals surface area contributed by atoms with Gasteiger partial charge >= 0.3 is 0 Å². The smallest absolute Gasteiger partial charge is 0.258 e. The third kappa shape index (κ3) is 3.65. The monoisotopic (exact) mass is 384 g/mol. The molecule has 0 aromatic heterocycles. The van der Waals surface area contributed by atoms with Crippen LogP contribution in [0, 0.1) is 12.8 Å². The zero-order chi connectivity index (χ0) is 20.4. The summed E-state index contributed by atoms with van der Waals surface area (Å²) in [6, 6.07) is 26.8. The maximum atomic E-state index is 13.6. The quantitative estimate of drug-likeness (QED) is 0.579. The molecule has 3 heteroatoms. The molecule has 0 spiro atoms. The van der Waals surface area contributed by atoms with E-state index < -0.39 is 0 Å². The van der Waals surface area contributed by atoms with E-state index in [2.05, 4.69) is 49.5 Å². The number of anilines is 2. The molecule has 3 aromatic carbocycles. The minimum Gasteiger partial charge on any atom is -0.378 e. The van der Waals surface area contributed by atoms with Crippen LogP contribution in [0.5, 0.6) is 0 Å². The van der Waals surface area contributed by atoms with Crippen molar-refractivity contribution in [2.75, 3.05) is 10.2 Å². The first-order valence-corrected chi connectivity index (χ1v) is 10.4. The third-order valence-corrected chi connectivity index (χ3v) is 6.03. The van der Waals surface area contributed by atoms with Crippen LogP contribution in [0.25, 0.3) is 0 Å². The number of benzene rings is 3. The van der Waals surface area contributed by atoms with Crippen LogP contribution in [0.2, 0.25) is 0 Å². The lowest BCUT2D eigenvalue weighted by atomic mass is 9.80. The van der Waals surface area contributed by atoms with Gasteiger partial charge in [0, 0.05) is 28.9 Å². The average molecular weight is 385 g/mol. The van der Waals surface area contributed by atoms with Gasteiger partial charge in [0.1, 0.15) is 0 Å². The molecule has 1 heterocycles. The molecule has 3 nitrogen and oxygen atoms in total. The average Bonchev–Trinajstić information content (AvgIpc) is 2.76. The van der Waals surface area contributed by atoms with E-state index in [4.69, 9.17) is 0 Å². The number of para-hydroxylation sites is 2. The molecule has 0 aliphatic carbocycles. The molecule has 3 atom stereocenters. The summed E-state index contributed by atoms with van der Waals surface area (Å²) in [5.74, 6) is 0.346. The topological polar surface area (TPSA) is 32.3 Å². The first-order valence-electron chi connectivity index (χ1n) is 10.4. The Morgan fingerprint density at radius 1 is 0.931 bits per heavy atom. The number of nitrogens with zero attached hydrogens (tertiary/aromatic N) is 1. The van der Waals surface area contributed by atoms with E-state index in [0.717, 1.165) is 28.9 Å².